The zero-order valence-electron chi connectivity index (χ0n) is 17.2. The van der Waals surface area contributed by atoms with Crippen LogP contribution in [0, 0.1) is 5.41 Å². The van der Waals surface area contributed by atoms with Gasteiger partial charge in [0.2, 0.25) is 0 Å². The fraction of sp³-hybridized carbons (Fsp3) is 0.545. The van der Waals surface area contributed by atoms with Gasteiger partial charge in [-0.15, -0.1) is 0 Å². The van der Waals surface area contributed by atoms with Crippen molar-refractivity contribution in [2.75, 3.05) is 19.8 Å². The molecule has 6 nitrogen and oxygen atoms in total. The normalized spacial score (nSPS) is 21.5. The molecule has 7 heteroatoms. The van der Waals surface area contributed by atoms with Gasteiger partial charge >= 0.3 is 6.09 Å². The first-order valence-electron chi connectivity index (χ1n) is 10.1. The van der Waals surface area contributed by atoms with E-state index in [1.54, 1.807) is 0 Å². The molecule has 1 aromatic carbocycles. The number of aromatic amines is 1. The Morgan fingerprint density at radius 1 is 1.28 bits per heavy atom. The predicted molar refractivity (Wildman–Crippen MR) is 115 cm³/mol. The lowest BCUT2D eigenvalue weighted by molar-refractivity contribution is 0.00700. The number of nitrogens with one attached hydrogen (secondary N) is 1. The second kappa shape index (κ2) is 7.76. The van der Waals surface area contributed by atoms with Crippen molar-refractivity contribution in [3.05, 3.63) is 40.8 Å². The molecular weight excluding hydrogens is 434 g/mol. The van der Waals surface area contributed by atoms with Gasteiger partial charge in [0.25, 0.3) is 0 Å². The van der Waals surface area contributed by atoms with E-state index in [-0.39, 0.29) is 17.6 Å². The third-order valence-electron chi connectivity index (χ3n) is 5.76. The quantitative estimate of drug-likeness (QED) is 0.656. The van der Waals surface area contributed by atoms with Crippen molar-refractivity contribution in [3.8, 4) is 11.3 Å². The van der Waals surface area contributed by atoms with Gasteiger partial charge in [0.15, 0.2) is 0 Å². The molecule has 2 aliphatic heterocycles. The van der Waals surface area contributed by atoms with E-state index in [9.17, 15) is 4.79 Å². The Kier molecular flexibility index (Phi) is 5.46. The molecule has 3 heterocycles. The van der Waals surface area contributed by atoms with Crippen LogP contribution < -0.4 is 0 Å². The Labute approximate surface area is 180 Å². The maximum Gasteiger partial charge on any atom is 0.410 e. The highest BCUT2D eigenvalue weighted by atomic mass is 79.9. The minimum Gasteiger partial charge on any atom is -0.444 e. The summed E-state index contributed by atoms with van der Waals surface area (Å²) in [7, 11) is 0. The van der Waals surface area contributed by atoms with Crippen molar-refractivity contribution in [1.82, 2.24) is 14.9 Å². The Morgan fingerprint density at radius 2 is 1.97 bits per heavy atom. The van der Waals surface area contributed by atoms with E-state index in [0.717, 1.165) is 54.0 Å². The fourth-order valence-corrected chi connectivity index (χ4v) is 4.53. The summed E-state index contributed by atoms with van der Waals surface area (Å²) >= 11 is 3.47. The average Bonchev–Trinajstić information content (AvgIpc) is 3.27. The molecule has 0 radical (unpaired) electrons. The molecule has 1 atom stereocenters. The van der Waals surface area contributed by atoms with Crippen LogP contribution in [0.25, 0.3) is 11.3 Å². The van der Waals surface area contributed by atoms with E-state index in [1.165, 1.54) is 0 Å². The molecule has 156 valence electrons. The summed E-state index contributed by atoms with van der Waals surface area (Å²) < 4.78 is 12.3. The standard InChI is InChI=1S/C22H28BrN3O3/c1-21(2,3)29-20(27)26-14-22(8-10-28-11-9-22)12-18(26)19-24-13-17(25-19)15-4-6-16(23)7-5-15/h4-7,13,18H,8-12,14H2,1-3H3,(H,24,25). The lowest BCUT2D eigenvalue weighted by Crippen LogP contribution is -2.39. The number of nitrogens with zero attached hydrogens (tertiary/aromatic N) is 2. The Bertz CT molecular complexity index is 866. The minimum absolute atomic E-state index is 0.0738. The number of rotatable bonds is 2. The van der Waals surface area contributed by atoms with Gasteiger partial charge in [-0.1, -0.05) is 28.1 Å². The number of aromatic nitrogens is 2. The third-order valence-corrected chi connectivity index (χ3v) is 6.28. The fourth-order valence-electron chi connectivity index (χ4n) is 4.26. The first kappa shape index (κ1) is 20.4. The number of amides is 1. The number of hydrogen-bond acceptors (Lipinski definition) is 4. The van der Waals surface area contributed by atoms with Gasteiger partial charge < -0.3 is 14.5 Å². The highest BCUT2D eigenvalue weighted by molar-refractivity contribution is 9.10. The predicted octanol–water partition coefficient (Wildman–Crippen LogP) is 5.32. The highest BCUT2D eigenvalue weighted by Gasteiger charge is 2.49. The zero-order chi connectivity index (χ0) is 20.6. The molecule has 2 aliphatic rings. The van der Waals surface area contributed by atoms with E-state index < -0.39 is 5.60 Å². The van der Waals surface area contributed by atoms with Gasteiger partial charge in [0, 0.05) is 24.2 Å². The molecule has 1 spiro atoms. The van der Waals surface area contributed by atoms with Crippen LogP contribution in [0.2, 0.25) is 0 Å². The SMILES string of the molecule is CC(C)(C)OC(=O)N1CC2(CCOCC2)CC1c1ncc(-c2ccc(Br)cc2)[nH]1. The summed E-state index contributed by atoms with van der Waals surface area (Å²) in [6.45, 7) is 7.88. The number of likely N-dealkylation sites (tertiary alicyclic amines) is 1. The number of halogens is 1. The number of imidazole rings is 1. The molecule has 1 N–H and O–H groups in total. The first-order valence-corrected chi connectivity index (χ1v) is 10.9. The average molecular weight is 462 g/mol. The number of carbonyl (C=O) groups is 1. The molecule has 29 heavy (non-hydrogen) atoms. The summed E-state index contributed by atoms with van der Waals surface area (Å²) in [5, 5.41) is 0. The molecule has 2 fully saturated rings. The lowest BCUT2D eigenvalue weighted by atomic mass is 9.78. The Morgan fingerprint density at radius 3 is 2.62 bits per heavy atom. The number of hydrogen-bond donors (Lipinski definition) is 1. The monoisotopic (exact) mass is 461 g/mol. The van der Waals surface area contributed by atoms with Crippen LogP contribution in [0.3, 0.4) is 0 Å². The van der Waals surface area contributed by atoms with Gasteiger partial charge in [-0.2, -0.15) is 0 Å². The number of benzene rings is 1. The largest absolute Gasteiger partial charge is 0.444 e. The Balaban J connectivity index is 1.62. The molecule has 2 saturated heterocycles. The molecular formula is C22H28BrN3O3. The van der Waals surface area contributed by atoms with Crippen LogP contribution in [0.5, 0.6) is 0 Å². The molecule has 1 aromatic heterocycles. The van der Waals surface area contributed by atoms with E-state index in [2.05, 4.69) is 25.9 Å². The molecule has 0 bridgehead atoms. The molecule has 4 rings (SSSR count). The summed E-state index contributed by atoms with van der Waals surface area (Å²) in [5.41, 5.74) is 1.56. The second-order valence-electron chi connectivity index (χ2n) is 9.13. The van der Waals surface area contributed by atoms with E-state index in [1.807, 2.05) is 56.1 Å². The second-order valence-corrected chi connectivity index (χ2v) is 10.0. The van der Waals surface area contributed by atoms with E-state index >= 15 is 0 Å². The van der Waals surface area contributed by atoms with E-state index in [4.69, 9.17) is 9.47 Å². The van der Waals surface area contributed by atoms with Gasteiger partial charge in [0.1, 0.15) is 11.4 Å². The van der Waals surface area contributed by atoms with Crippen molar-refractivity contribution in [1.29, 1.82) is 0 Å². The van der Waals surface area contributed by atoms with Crippen molar-refractivity contribution >= 4 is 22.0 Å². The van der Waals surface area contributed by atoms with E-state index in [0.29, 0.717) is 6.54 Å². The summed E-state index contributed by atoms with van der Waals surface area (Å²) in [5.74, 6) is 0.817. The zero-order valence-corrected chi connectivity index (χ0v) is 18.8. The smallest absolute Gasteiger partial charge is 0.410 e. The minimum atomic E-state index is -0.529. The van der Waals surface area contributed by atoms with Gasteiger partial charge in [0.05, 0.1) is 17.9 Å². The van der Waals surface area contributed by atoms with Gasteiger partial charge in [-0.25, -0.2) is 9.78 Å². The topological polar surface area (TPSA) is 67.4 Å². The van der Waals surface area contributed by atoms with Crippen molar-refractivity contribution in [2.24, 2.45) is 5.41 Å². The van der Waals surface area contributed by atoms with Crippen LogP contribution in [-0.2, 0) is 9.47 Å². The van der Waals surface area contributed by atoms with Crippen LogP contribution in [-0.4, -0.2) is 46.3 Å². The molecule has 1 amide bonds. The Hall–Kier alpha value is -1.86. The maximum atomic E-state index is 13.0. The highest BCUT2D eigenvalue weighted by Crippen LogP contribution is 2.48. The number of H-pyrrole nitrogens is 1. The first-order chi connectivity index (χ1) is 13.7. The third kappa shape index (κ3) is 4.51. The van der Waals surface area contributed by atoms with Crippen LogP contribution >= 0.6 is 15.9 Å². The van der Waals surface area contributed by atoms with Crippen molar-refractivity contribution in [3.63, 3.8) is 0 Å². The van der Waals surface area contributed by atoms with Crippen molar-refractivity contribution in [2.45, 2.75) is 51.7 Å². The van der Waals surface area contributed by atoms with Crippen LogP contribution in [0.1, 0.15) is 51.9 Å². The lowest BCUT2D eigenvalue weighted by Gasteiger charge is -2.33. The van der Waals surface area contributed by atoms with Crippen LogP contribution in [0.15, 0.2) is 34.9 Å². The molecule has 2 aromatic rings. The molecule has 0 saturated carbocycles. The maximum absolute atomic E-state index is 13.0. The van der Waals surface area contributed by atoms with Crippen LogP contribution in [0.4, 0.5) is 4.79 Å². The summed E-state index contributed by atoms with van der Waals surface area (Å²) in [6, 6.07) is 7.99. The number of ether oxygens (including phenoxy) is 2. The van der Waals surface area contributed by atoms with Crippen molar-refractivity contribution < 1.29 is 14.3 Å². The summed E-state index contributed by atoms with van der Waals surface area (Å²) in [4.78, 5) is 23.0. The summed E-state index contributed by atoms with van der Waals surface area (Å²) in [6.07, 6.45) is 4.38. The number of carbonyl (C=O) groups excluding carboxylic acids is 1. The van der Waals surface area contributed by atoms with Gasteiger partial charge in [-0.3, -0.25) is 4.90 Å². The molecule has 0 aliphatic carbocycles. The molecule has 1 unspecified atom stereocenters. The van der Waals surface area contributed by atoms with Gasteiger partial charge in [-0.05, 0) is 63.1 Å².